The molecule has 0 amide bonds. The molecule has 0 spiro atoms. The number of rotatable bonds is 2. The molecule has 0 unspecified atom stereocenters. The van der Waals surface area contributed by atoms with Crippen LogP contribution < -0.4 is 5.73 Å². The highest BCUT2D eigenvalue weighted by Crippen LogP contribution is 2.25. The topological polar surface area (TPSA) is 43.1 Å². The maximum Gasteiger partial charge on any atom is 0.162 e. The van der Waals surface area contributed by atoms with Crippen molar-refractivity contribution in [2.45, 2.75) is 34.1 Å². The number of Topliss-reactive ketones (excluding diaryl/α,β-unsaturated/α-hetero) is 1. The van der Waals surface area contributed by atoms with E-state index >= 15 is 0 Å². The fourth-order valence-electron chi connectivity index (χ4n) is 1.90. The van der Waals surface area contributed by atoms with Crippen LogP contribution in [-0.2, 0) is 6.42 Å². The predicted molar refractivity (Wildman–Crippen MR) is 59.7 cm³/mol. The molecule has 0 radical (unpaired) electrons. The van der Waals surface area contributed by atoms with Crippen LogP contribution in [0.4, 0.5) is 5.69 Å². The molecule has 0 aromatic heterocycles. The summed E-state index contributed by atoms with van der Waals surface area (Å²) in [5.74, 6) is 0.0613. The Morgan fingerprint density at radius 2 is 1.93 bits per heavy atom. The van der Waals surface area contributed by atoms with E-state index in [1.54, 1.807) is 6.92 Å². The van der Waals surface area contributed by atoms with Crippen LogP contribution >= 0.6 is 0 Å². The van der Waals surface area contributed by atoms with Crippen LogP contribution in [0.25, 0.3) is 0 Å². The second kappa shape index (κ2) is 3.82. The molecule has 2 heteroatoms. The van der Waals surface area contributed by atoms with Crippen molar-refractivity contribution in [2.75, 3.05) is 5.73 Å². The molecule has 2 N–H and O–H groups in total. The Hall–Kier alpha value is -1.31. The van der Waals surface area contributed by atoms with Gasteiger partial charge in [0.1, 0.15) is 0 Å². The summed E-state index contributed by atoms with van der Waals surface area (Å²) in [6, 6.07) is 2.04. The van der Waals surface area contributed by atoms with Crippen LogP contribution in [0.15, 0.2) is 6.07 Å². The van der Waals surface area contributed by atoms with Crippen molar-refractivity contribution in [3.05, 3.63) is 28.3 Å². The number of aryl methyl sites for hydroxylation is 2. The van der Waals surface area contributed by atoms with Gasteiger partial charge in [0.15, 0.2) is 5.78 Å². The Morgan fingerprint density at radius 3 is 2.36 bits per heavy atom. The Kier molecular flexibility index (Phi) is 2.94. The summed E-state index contributed by atoms with van der Waals surface area (Å²) < 4.78 is 0. The lowest BCUT2D eigenvalue weighted by Crippen LogP contribution is -2.08. The van der Waals surface area contributed by atoms with Crippen LogP contribution in [0.3, 0.4) is 0 Å². The SMILES string of the molecule is CCc1c(C)cc(C)c(N)c1C(C)=O. The van der Waals surface area contributed by atoms with Crippen LogP contribution in [0, 0.1) is 13.8 Å². The first kappa shape index (κ1) is 10.8. The van der Waals surface area contributed by atoms with E-state index in [4.69, 9.17) is 5.73 Å². The molecule has 1 rings (SSSR count). The van der Waals surface area contributed by atoms with Crippen LogP contribution in [0.2, 0.25) is 0 Å². The number of ketones is 1. The average molecular weight is 191 g/mol. The molecule has 0 aliphatic carbocycles. The Morgan fingerprint density at radius 1 is 1.36 bits per heavy atom. The minimum absolute atomic E-state index is 0.0613. The highest BCUT2D eigenvalue weighted by Gasteiger charge is 2.14. The summed E-state index contributed by atoms with van der Waals surface area (Å²) in [4.78, 5) is 11.5. The maximum atomic E-state index is 11.5. The maximum absolute atomic E-state index is 11.5. The van der Waals surface area contributed by atoms with Gasteiger partial charge in [0, 0.05) is 11.3 Å². The van der Waals surface area contributed by atoms with Crippen molar-refractivity contribution in [2.24, 2.45) is 0 Å². The van der Waals surface area contributed by atoms with Gasteiger partial charge in [0.2, 0.25) is 0 Å². The minimum atomic E-state index is 0.0613. The average Bonchev–Trinajstić information content (AvgIpc) is 2.10. The quantitative estimate of drug-likeness (QED) is 0.577. The third-order valence-corrected chi connectivity index (χ3v) is 2.61. The monoisotopic (exact) mass is 191 g/mol. The summed E-state index contributed by atoms with van der Waals surface area (Å²) >= 11 is 0. The Balaban J connectivity index is 3.56. The van der Waals surface area contributed by atoms with Crippen LogP contribution in [0.5, 0.6) is 0 Å². The number of anilines is 1. The van der Waals surface area contributed by atoms with E-state index in [1.807, 2.05) is 26.8 Å². The lowest BCUT2D eigenvalue weighted by Gasteiger charge is -2.14. The number of carbonyl (C=O) groups excluding carboxylic acids is 1. The van der Waals surface area contributed by atoms with E-state index in [0.717, 1.165) is 23.1 Å². The summed E-state index contributed by atoms with van der Waals surface area (Å²) in [5, 5.41) is 0. The predicted octanol–water partition coefficient (Wildman–Crippen LogP) is 2.65. The molecule has 2 nitrogen and oxygen atoms in total. The zero-order valence-corrected chi connectivity index (χ0v) is 9.27. The smallest absolute Gasteiger partial charge is 0.162 e. The van der Waals surface area contributed by atoms with Gasteiger partial charge in [-0.15, -0.1) is 0 Å². The summed E-state index contributed by atoms with van der Waals surface area (Å²) in [5.41, 5.74) is 10.5. The van der Waals surface area contributed by atoms with Crippen molar-refractivity contribution in [3.8, 4) is 0 Å². The zero-order chi connectivity index (χ0) is 10.9. The van der Waals surface area contributed by atoms with Crippen LogP contribution in [-0.4, -0.2) is 5.78 Å². The Bertz CT molecular complexity index is 380. The van der Waals surface area contributed by atoms with E-state index in [0.29, 0.717) is 11.3 Å². The van der Waals surface area contributed by atoms with E-state index in [2.05, 4.69) is 0 Å². The zero-order valence-electron chi connectivity index (χ0n) is 9.27. The summed E-state index contributed by atoms with van der Waals surface area (Å²) in [6.07, 6.45) is 0.852. The second-order valence-electron chi connectivity index (χ2n) is 3.69. The van der Waals surface area contributed by atoms with Crippen LogP contribution in [0.1, 0.15) is 40.9 Å². The highest BCUT2D eigenvalue weighted by molar-refractivity contribution is 6.01. The first-order valence-electron chi connectivity index (χ1n) is 4.88. The van der Waals surface area contributed by atoms with E-state index < -0.39 is 0 Å². The molecule has 1 aromatic carbocycles. The molecule has 0 saturated heterocycles. The largest absolute Gasteiger partial charge is 0.398 e. The van der Waals surface area contributed by atoms with E-state index in [-0.39, 0.29) is 5.78 Å². The van der Waals surface area contributed by atoms with Gasteiger partial charge in [-0.2, -0.15) is 0 Å². The molecule has 0 aliphatic heterocycles. The van der Waals surface area contributed by atoms with Crippen molar-refractivity contribution in [3.63, 3.8) is 0 Å². The van der Waals surface area contributed by atoms with Crippen molar-refractivity contribution < 1.29 is 4.79 Å². The summed E-state index contributed by atoms with van der Waals surface area (Å²) in [7, 11) is 0. The van der Waals surface area contributed by atoms with Gasteiger partial charge in [-0.05, 0) is 43.9 Å². The highest BCUT2D eigenvalue weighted by atomic mass is 16.1. The molecule has 0 atom stereocenters. The Labute approximate surface area is 85.1 Å². The lowest BCUT2D eigenvalue weighted by atomic mass is 9.93. The fourth-order valence-corrected chi connectivity index (χ4v) is 1.90. The molecular weight excluding hydrogens is 174 g/mol. The molecule has 76 valence electrons. The number of nitrogens with two attached hydrogens (primary N) is 1. The van der Waals surface area contributed by atoms with Gasteiger partial charge in [-0.3, -0.25) is 4.79 Å². The number of hydrogen-bond donors (Lipinski definition) is 1. The molecule has 0 saturated carbocycles. The lowest BCUT2D eigenvalue weighted by molar-refractivity contribution is 0.101. The number of hydrogen-bond acceptors (Lipinski definition) is 2. The minimum Gasteiger partial charge on any atom is -0.398 e. The summed E-state index contributed by atoms with van der Waals surface area (Å²) in [6.45, 7) is 7.58. The molecule has 1 aromatic rings. The van der Waals surface area contributed by atoms with E-state index in [1.165, 1.54) is 0 Å². The van der Waals surface area contributed by atoms with Crippen molar-refractivity contribution >= 4 is 11.5 Å². The number of carbonyl (C=O) groups is 1. The van der Waals surface area contributed by atoms with Gasteiger partial charge >= 0.3 is 0 Å². The van der Waals surface area contributed by atoms with Crippen molar-refractivity contribution in [1.29, 1.82) is 0 Å². The second-order valence-corrected chi connectivity index (χ2v) is 3.69. The van der Waals surface area contributed by atoms with Gasteiger partial charge < -0.3 is 5.73 Å². The van der Waals surface area contributed by atoms with Gasteiger partial charge in [-0.1, -0.05) is 13.0 Å². The van der Waals surface area contributed by atoms with Gasteiger partial charge in [0.05, 0.1) is 0 Å². The fraction of sp³-hybridized carbons (Fsp3) is 0.417. The third kappa shape index (κ3) is 1.65. The van der Waals surface area contributed by atoms with Gasteiger partial charge in [-0.25, -0.2) is 0 Å². The third-order valence-electron chi connectivity index (χ3n) is 2.61. The molecule has 0 aliphatic rings. The molecule has 0 heterocycles. The van der Waals surface area contributed by atoms with E-state index in [9.17, 15) is 4.79 Å². The number of benzene rings is 1. The standard InChI is InChI=1S/C12H17NO/c1-5-10-7(2)6-8(3)12(13)11(10)9(4)14/h6H,5,13H2,1-4H3. The molecule has 0 bridgehead atoms. The first-order valence-corrected chi connectivity index (χ1v) is 4.88. The molecular formula is C12H17NO. The van der Waals surface area contributed by atoms with Gasteiger partial charge in [0.25, 0.3) is 0 Å². The number of nitrogen functional groups attached to an aromatic ring is 1. The molecule has 14 heavy (non-hydrogen) atoms. The first-order chi connectivity index (χ1) is 6.49. The molecule has 0 fully saturated rings. The van der Waals surface area contributed by atoms with Crippen molar-refractivity contribution in [1.82, 2.24) is 0 Å². The normalized spacial score (nSPS) is 10.3.